The number of benzene rings is 1. The SMILES string of the molecule is C[C@H]1COCCN1c1cc(C(C)(C)[SH+]c2ccccc2)nc(Cl)n1. The zero-order valence-electron chi connectivity index (χ0n) is 14.2. The first-order valence-corrected chi connectivity index (χ1v) is 9.40. The fraction of sp³-hybridized carbons (Fsp3) is 0.444. The van der Waals surface area contributed by atoms with Crippen molar-refractivity contribution in [3.05, 3.63) is 47.4 Å². The maximum absolute atomic E-state index is 6.24. The predicted octanol–water partition coefficient (Wildman–Crippen LogP) is 3.46. The van der Waals surface area contributed by atoms with E-state index in [-0.39, 0.29) is 10.8 Å². The van der Waals surface area contributed by atoms with Gasteiger partial charge in [-0.3, -0.25) is 0 Å². The van der Waals surface area contributed by atoms with E-state index in [1.807, 2.05) is 6.07 Å². The van der Waals surface area contributed by atoms with E-state index in [0.717, 1.165) is 18.1 Å². The third kappa shape index (κ3) is 4.02. The van der Waals surface area contributed by atoms with E-state index in [9.17, 15) is 0 Å². The van der Waals surface area contributed by atoms with Crippen molar-refractivity contribution in [3.63, 3.8) is 0 Å². The van der Waals surface area contributed by atoms with Crippen molar-refractivity contribution in [2.24, 2.45) is 0 Å². The minimum atomic E-state index is -0.155. The van der Waals surface area contributed by atoms with Gasteiger partial charge in [0, 0.05) is 24.4 Å². The fourth-order valence-corrected chi connectivity index (χ4v) is 4.19. The average molecular weight is 365 g/mol. The summed E-state index contributed by atoms with van der Waals surface area (Å²) in [6.45, 7) is 8.77. The molecule has 1 aromatic heterocycles. The highest BCUT2D eigenvalue weighted by Gasteiger charge is 2.34. The van der Waals surface area contributed by atoms with Crippen molar-refractivity contribution in [3.8, 4) is 0 Å². The van der Waals surface area contributed by atoms with E-state index >= 15 is 0 Å². The van der Waals surface area contributed by atoms with Crippen LogP contribution in [0.25, 0.3) is 0 Å². The van der Waals surface area contributed by atoms with E-state index in [0.29, 0.717) is 18.5 Å². The second kappa shape index (κ2) is 7.30. The highest BCUT2D eigenvalue weighted by molar-refractivity contribution is 7.79. The summed E-state index contributed by atoms with van der Waals surface area (Å²) in [5.74, 6) is 0.886. The first kappa shape index (κ1) is 17.5. The van der Waals surface area contributed by atoms with Gasteiger partial charge in [0.15, 0.2) is 9.64 Å². The van der Waals surface area contributed by atoms with Crippen molar-refractivity contribution < 1.29 is 4.74 Å². The topological polar surface area (TPSA) is 38.2 Å². The Kier molecular flexibility index (Phi) is 5.33. The van der Waals surface area contributed by atoms with Crippen LogP contribution in [0.1, 0.15) is 26.5 Å². The van der Waals surface area contributed by atoms with Crippen molar-refractivity contribution in [2.75, 3.05) is 24.7 Å². The molecule has 24 heavy (non-hydrogen) atoms. The lowest BCUT2D eigenvalue weighted by molar-refractivity contribution is 0.0985. The van der Waals surface area contributed by atoms with Gasteiger partial charge in [-0.15, -0.1) is 0 Å². The van der Waals surface area contributed by atoms with Gasteiger partial charge in [-0.25, -0.2) is 9.97 Å². The van der Waals surface area contributed by atoms with Crippen LogP contribution >= 0.6 is 11.6 Å². The Morgan fingerprint density at radius 1 is 1.25 bits per heavy atom. The number of hydrogen-bond acceptors (Lipinski definition) is 4. The molecular formula is C18H23ClN3OS+. The molecule has 4 nitrogen and oxygen atoms in total. The Labute approximate surface area is 152 Å². The lowest BCUT2D eigenvalue weighted by Gasteiger charge is -2.34. The molecule has 1 atom stereocenters. The smallest absolute Gasteiger partial charge is 0.224 e. The average Bonchev–Trinajstić information content (AvgIpc) is 2.55. The van der Waals surface area contributed by atoms with Crippen LogP contribution < -0.4 is 4.90 Å². The van der Waals surface area contributed by atoms with Crippen molar-refractivity contribution >= 4 is 29.2 Å². The number of thiol groups is 1. The molecule has 0 saturated carbocycles. The summed E-state index contributed by atoms with van der Waals surface area (Å²) in [7, 11) is 0. The van der Waals surface area contributed by atoms with E-state index < -0.39 is 0 Å². The second-order valence-corrected chi connectivity index (χ2v) is 8.70. The van der Waals surface area contributed by atoms with E-state index in [1.165, 1.54) is 16.7 Å². The normalized spacial score (nSPS) is 18.7. The molecule has 0 bridgehead atoms. The lowest BCUT2D eigenvalue weighted by atomic mass is 10.1. The molecule has 1 saturated heterocycles. The van der Waals surface area contributed by atoms with Gasteiger partial charge < -0.3 is 9.64 Å². The zero-order chi connectivity index (χ0) is 17.2. The Bertz CT molecular complexity index is 696. The van der Waals surface area contributed by atoms with Crippen LogP contribution in [0, 0.1) is 0 Å². The highest BCUT2D eigenvalue weighted by atomic mass is 35.5. The molecule has 128 valence electrons. The zero-order valence-corrected chi connectivity index (χ0v) is 15.9. The number of halogens is 1. The first-order valence-electron chi connectivity index (χ1n) is 8.13. The molecule has 0 unspecified atom stereocenters. The quantitative estimate of drug-likeness (QED) is 0.473. The maximum atomic E-state index is 6.24. The van der Waals surface area contributed by atoms with Crippen LogP contribution in [0.5, 0.6) is 0 Å². The summed E-state index contributed by atoms with van der Waals surface area (Å²) in [5.41, 5.74) is 0.960. The fourth-order valence-electron chi connectivity index (χ4n) is 2.82. The predicted molar refractivity (Wildman–Crippen MR) is 101 cm³/mol. The van der Waals surface area contributed by atoms with Crippen molar-refractivity contribution in [1.29, 1.82) is 0 Å². The van der Waals surface area contributed by atoms with Gasteiger partial charge in [0.05, 0.1) is 19.3 Å². The molecule has 0 amide bonds. The third-order valence-corrected chi connectivity index (χ3v) is 5.65. The molecule has 3 rings (SSSR count). The standard InChI is InChI=1S/C18H22ClN3OS/c1-13-12-23-10-9-22(13)16-11-15(20-17(19)21-16)18(2,3)24-14-7-5-4-6-8-14/h4-8,11,13H,9-10,12H2,1-3H3/p+1/t13-/m0/s1. The highest BCUT2D eigenvalue weighted by Crippen LogP contribution is 2.31. The molecule has 2 heterocycles. The minimum Gasteiger partial charge on any atom is -0.377 e. The first-order chi connectivity index (χ1) is 11.5. The van der Waals surface area contributed by atoms with Crippen molar-refractivity contribution in [2.45, 2.75) is 36.5 Å². The molecule has 0 N–H and O–H groups in total. The van der Waals surface area contributed by atoms with Gasteiger partial charge in [-0.2, -0.15) is 0 Å². The molecule has 1 aliphatic heterocycles. The van der Waals surface area contributed by atoms with Crippen LogP contribution in [0.4, 0.5) is 5.82 Å². The number of morpholine rings is 1. The lowest BCUT2D eigenvalue weighted by Crippen LogP contribution is -2.44. The van der Waals surface area contributed by atoms with Gasteiger partial charge in [-0.1, -0.05) is 18.2 Å². The molecule has 2 aromatic rings. The Balaban J connectivity index is 1.90. The van der Waals surface area contributed by atoms with E-state index in [1.54, 1.807) is 0 Å². The molecule has 0 radical (unpaired) electrons. The summed E-state index contributed by atoms with van der Waals surface area (Å²) >= 11 is 7.43. The number of anilines is 1. The summed E-state index contributed by atoms with van der Waals surface area (Å²) in [6.07, 6.45) is 0. The molecule has 1 aromatic carbocycles. The molecule has 1 fully saturated rings. The van der Waals surface area contributed by atoms with Gasteiger partial charge in [0.25, 0.3) is 0 Å². The number of ether oxygens (including phenoxy) is 1. The monoisotopic (exact) mass is 364 g/mol. The number of nitrogens with zero attached hydrogens (tertiary/aromatic N) is 3. The number of hydrogen-bond donors (Lipinski definition) is 0. The van der Waals surface area contributed by atoms with Gasteiger partial charge in [0.2, 0.25) is 5.28 Å². The van der Waals surface area contributed by atoms with Crippen LogP contribution in [0.3, 0.4) is 0 Å². The van der Waals surface area contributed by atoms with Crippen LogP contribution in [0.15, 0.2) is 41.3 Å². The van der Waals surface area contributed by atoms with Crippen LogP contribution in [0.2, 0.25) is 5.28 Å². The second-order valence-electron chi connectivity index (χ2n) is 6.50. The Morgan fingerprint density at radius 3 is 2.71 bits per heavy atom. The molecule has 0 aliphatic carbocycles. The number of rotatable bonds is 4. The van der Waals surface area contributed by atoms with Crippen LogP contribution in [-0.4, -0.2) is 35.8 Å². The van der Waals surface area contributed by atoms with E-state index in [4.69, 9.17) is 16.3 Å². The summed E-state index contributed by atoms with van der Waals surface area (Å²) in [4.78, 5) is 12.5. The Hall–Kier alpha value is -1.30. The largest absolute Gasteiger partial charge is 0.377 e. The van der Waals surface area contributed by atoms with Gasteiger partial charge >= 0.3 is 0 Å². The minimum absolute atomic E-state index is 0.155. The number of aromatic nitrogens is 2. The molecular weight excluding hydrogens is 342 g/mol. The Morgan fingerprint density at radius 2 is 2.00 bits per heavy atom. The molecule has 6 heteroatoms. The van der Waals surface area contributed by atoms with Gasteiger partial charge in [0.1, 0.15) is 11.5 Å². The maximum Gasteiger partial charge on any atom is 0.224 e. The third-order valence-electron chi connectivity index (χ3n) is 4.14. The molecule has 1 aliphatic rings. The van der Waals surface area contributed by atoms with Crippen LogP contribution in [-0.2, 0) is 21.2 Å². The summed E-state index contributed by atoms with van der Waals surface area (Å²) < 4.78 is 5.37. The summed E-state index contributed by atoms with van der Waals surface area (Å²) in [5, 5.41) is 0.303. The summed E-state index contributed by atoms with van der Waals surface area (Å²) in [6, 6.07) is 12.8. The van der Waals surface area contributed by atoms with Crippen molar-refractivity contribution in [1.82, 2.24) is 9.97 Å². The molecule has 0 spiro atoms. The van der Waals surface area contributed by atoms with Gasteiger partial charge in [-0.05, 0) is 44.5 Å². The van der Waals surface area contributed by atoms with E-state index in [2.05, 4.69) is 66.0 Å².